The topological polar surface area (TPSA) is 114 Å². The normalized spacial score (nSPS) is 17.6. The van der Waals surface area contributed by atoms with Crippen LogP contribution >= 0.6 is 22.6 Å². The lowest BCUT2D eigenvalue weighted by Crippen LogP contribution is -2.92. The van der Waals surface area contributed by atoms with E-state index in [4.69, 9.17) is 5.14 Å². The van der Waals surface area contributed by atoms with E-state index in [1.165, 1.54) is 17.0 Å². The fourth-order valence-corrected chi connectivity index (χ4v) is 3.87. The van der Waals surface area contributed by atoms with E-state index in [0.717, 1.165) is 9.13 Å². The molecule has 27 heavy (non-hydrogen) atoms. The molecule has 3 rings (SSSR count). The highest BCUT2D eigenvalue weighted by molar-refractivity contribution is 14.1. The van der Waals surface area contributed by atoms with Crippen molar-refractivity contribution < 1.29 is 23.3 Å². The maximum atomic E-state index is 12.6. The molecule has 9 heteroatoms. The molecule has 2 aromatic rings. The first kappa shape index (κ1) is 19.9. The molecule has 1 saturated heterocycles. The fraction of sp³-hybridized carbons (Fsp3) is 0.222. The number of carbonyl (C=O) groups excluding carboxylic acids is 2. The average Bonchev–Trinajstić information content (AvgIpc) is 2.89. The third-order valence-electron chi connectivity index (χ3n) is 4.40. The highest BCUT2D eigenvalue weighted by Gasteiger charge is 2.41. The van der Waals surface area contributed by atoms with Gasteiger partial charge in [-0.1, -0.05) is 12.1 Å². The van der Waals surface area contributed by atoms with Crippen molar-refractivity contribution in [1.82, 2.24) is 0 Å². The van der Waals surface area contributed by atoms with Gasteiger partial charge in [0, 0.05) is 9.99 Å². The van der Waals surface area contributed by atoms with E-state index < -0.39 is 16.1 Å². The Bertz CT molecular complexity index is 959. The van der Waals surface area contributed by atoms with E-state index >= 15 is 0 Å². The molecule has 2 aromatic carbocycles. The van der Waals surface area contributed by atoms with Crippen molar-refractivity contribution >= 4 is 50.1 Å². The van der Waals surface area contributed by atoms with Gasteiger partial charge in [0.05, 0.1) is 23.5 Å². The zero-order valence-electron chi connectivity index (χ0n) is 14.3. The van der Waals surface area contributed by atoms with Crippen LogP contribution in [0.25, 0.3) is 0 Å². The summed E-state index contributed by atoms with van der Waals surface area (Å²) in [4.78, 5) is 26.2. The lowest BCUT2D eigenvalue weighted by atomic mass is 10.1. The van der Waals surface area contributed by atoms with Gasteiger partial charge in [0.25, 0.3) is 5.91 Å². The minimum atomic E-state index is -3.70. The lowest BCUT2D eigenvalue weighted by Gasteiger charge is -2.14. The second-order valence-electron chi connectivity index (χ2n) is 6.32. The Morgan fingerprint density at radius 3 is 2.30 bits per heavy atom. The molecule has 0 saturated carbocycles. The Labute approximate surface area is 171 Å². The van der Waals surface area contributed by atoms with Crippen LogP contribution in [-0.4, -0.2) is 32.8 Å². The molecule has 4 N–H and O–H groups in total. The molecule has 0 radical (unpaired) electrons. The summed E-state index contributed by atoms with van der Waals surface area (Å²) in [5.74, 6) is -0.397. The molecule has 2 amide bonds. The van der Waals surface area contributed by atoms with Crippen LogP contribution in [0.5, 0.6) is 0 Å². The predicted molar refractivity (Wildman–Crippen MR) is 108 cm³/mol. The van der Waals surface area contributed by atoms with Crippen LogP contribution in [-0.2, 0) is 26.0 Å². The van der Waals surface area contributed by atoms with Gasteiger partial charge in [-0.25, -0.2) is 18.5 Å². The molecule has 1 aliphatic rings. The van der Waals surface area contributed by atoms with E-state index in [9.17, 15) is 18.0 Å². The van der Waals surface area contributed by atoms with Crippen LogP contribution in [0.15, 0.2) is 53.4 Å². The Balaban J connectivity index is 1.58. The lowest BCUT2D eigenvalue weighted by molar-refractivity contribution is -0.674. The summed E-state index contributed by atoms with van der Waals surface area (Å²) in [5.41, 5.74) is 1.53. The van der Waals surface area contributed by atoms with E-state index in [-0.39, 0.29) is 23.1 Å². The molecule has 1 atom stereocenters. The minimum Gasteiger partial charge on any atom is -0.335 e. The number of carbonyl (C=O) groups is 2. The third-order valence-corrected chi connectivity index (χ3v) is 6.05. The van der Waals surface area contributed by atoms with E-state index in [1.54, 1.807) is 24.3 Å². The van der Waals surface area contributed by atoms with Gasteiger partial charge in [-0.2, -0.15) is 0 Å². The number of nitrogens with two attached hydrogens (primary N) is 2. The monoisotopic (exact) mass is 500 g/mol. The number of halogens is 1. The van der Waals surface area contributed by atoms with Crippen LogP contribution in [0.2, 0.25) is 0 Å². The Kier molecular flexibility index (Phi) is 5.94. The van der Waals surface area contributed by atoms with Crippen molar-refractivity contribution in [2.75, 3.05) is 11.4 Å². The number of nitrogens with zero attached hydrogens (tertiary/aromatic N) is 1. The van der Waals surface area contributed by atoms with Crippen molar-refractivity contribution in [2.24, 2.45) is 5.14 Å². The first-order chi connectivity index (χ1) is 12.8. The second-order valence-corrected chi connectivity index (χ2v) is 9.12. The number of anilines is 1. The van der Waals surface area contributed by atoms with Crippen LogP contribution < -0.4 is 15.4 Å². The smallest absolute Gasteiger partial charge is 0.292 e. The SMILES string of the molecule is NS(=O)(=O)c1ccc(CC[NH2+]C2CC(=O)N(c3ccc(I)cc3)C2=O)cc1. The van der Waals surface area contributed by atoms with Crippen molar-refractivity contribution in [3.63, 3.8) is 0 Å². The van der Waals surface area contributed by atoms with Gasteiger partial charge in [0.2, 0.25) is 15.9 Å². The van der Waals surface area contributed by atoms with E-state index in [0.29, 0.717) is 18.7 Å². The van der Waals surface area contributed by atoms with Crippen LogP contribution in [0.1, 0.15) is 12.0 Å². The Hall–Kier alpha value is -1.82. The van der Waals surface area contributed by atoms with Gasteiger partial charge in [0.15, 0.2) is 6.04 Å². The van der Waals surface area contributed by atoms with E-state index in [2.05, 4.69) is 22.6 Å². The molecule has 0 aromatic heterocycles. The molecule has 1 unspecified atom stereocenters. The number of hydrogen-bond donors (Lipinski definition) is 2. The predicted octanol–water partition coefficient (Wildman–Crippen LogP) is 0.377. The summed E-state index contributed by atoms with van der Waals surface area (Å²) in [6, 6.07) is 13.2. The van der Waals surface area contributed by atoms with Gasteiger partial charge >= 0.3 is 0 Å². The molecule has 142 valence electrons. The van der Waals surface area contributed by atoms with Crippen molar-refractivity contribution in [1.29, 1.82) is 0 Å². The molecule has 7 nitrogen and oxygen atoms in total. The van der Waals surface area contributed by atoms with Crippen molar-refractivity contribution in [3.8, 4) is 0 Å². The summed E-state index contributed by atoms with van der Waals surface area (Å²) in [6.45, 7) is 0.610. The van der Waals surface area contributed by atoms with Crippen LogP contribution in [0.4, 0.5) is 5.69 Å². The number of quaternary nitrogens is 1. The van der Waals surface area contributed by atoms with Gasteiger partial charge in [-0.3, -0.25) is 9.59 Å². The average molecular weight is 500 g/mol. The summed E-state index contributed by atoms with van der Waals surface area (Å²) < 4.78 is 23.6. The summed E-state index contributed by atoms with van der Waals surface area (Å²) in [7, 11) is -3.70. The van der Waals surface area contributed by atoms with Crippen LogP contribution in [0, 0.1) is 3.57 Å². The molecule has 1 aliphatic heterocycles. The zero-order chi connectivity index (χ0) is 19.6. The molecule has 0 spiro atoms. The van der Waals surface area contributed by atoms with Gasteiger partial charge in [-0.15, -0.1) is 0 Å². The molecular weight excluding hydrogens is 481 g/mol. The number of amides is 2. The van der Waals surface area contributed by atoms with Gasteiger partial charge in [-0.05, 0) is 64.6 Å². The first-order valence-corrected chi connectivity index (χ1v) is 11.0. The first-order valence-electron chi connectivity index (χ1n) is 8.33. The van der Waals surface area contributed by atoms with Gasteiger partial charge < -0.3 is 5.32 Å². The van der Waals surface area contributed by atoms with Crippen LogP contribution in [0.3, 0.4) is 0 Å². The third kappa shape index (κ3) is 4.72. The molecular formula is C18H19IN3O4S+. The number of benzene rings is 2. The summed E-state index contributed by atoms with van der Waals surface area (Å²) in [6.07, 6.45) is 0.821. The quantitative estimate of drug-likeness (QED) is 0.441. The molecule has 1 heterocycles. The summed E-state index contributed by atoms with van der Waals surface area (Å²) in [5, 5.41) is 6.94. The minimum absolute atomic E-state index is 0.0694. The highest BCUT2D eigenvalue weighted by Crippen LogP contribution is 2.22. The number of primary sulfonamides is 1. The zero-order valence-corrected chi connectivity index (χ0v) is 17.3. The molecule has 0 bridgehead atoms. The number of rotatable bonds is 6. The van der Waals surface area contributed by atoms with Gasteiger partial charge in [0.1, 0.15) is 0 Å². The Morgan fingerprint density at radius 2 is 1.70 bits per heavy atom. The summed E-state index contributed by atoms with van der Waals surface area (Å²) >= 11 is 2.17. The van der Waals surface area contributed by atoms with Crippen molar-refractivity contribution in [2.45, 2.75) is 23.8 Å². The largest absolute Gasteiger partial charge is 0.335 e. The fourth-order valence-electron chi connectivity index (χ4n) is 3.00. The standard InChI is InChI=1S/C18H18IN3O4S/c19-13-3-5-14(6-4-13)22-17(23)11-16(18(22)24)21-10-9-12-1-7-15(8-2-12)27(20,25)26/h1-8,16,21H,9-11H2,(H2,20,25,26)/p+1. The number of hydrogen-bond acceptors (Lipinski definition) is 4. The number of imide groups is 1. The highest BCUT2D eigenvalue weighted by atomic mass is 127. The Morgan fingerprint density at radius 1 is 1.07 bits per heavy atom. The maximum absolute atomic E-state index is 12.6. The van der Waals surface area contributed by atoms with E-state index in [1.807, 2.05) is 17.4 Å². The maximum Gasteiger partial charge on any atom is 0.292 e. The number of sulfonamides is 1. The second kappa shape index (κ2) is 8.05. The molecule has 1 fully saturated rings. The molecule has 0 aliphatic carbocycles. The van der Waals surface area contributed by atoms with Crippen molar-refractivity contribution in [3.05, 3.63) is 57.7 Å².